The van der Waals surface area contributed by atoms with Crippen molar-refractivity contribution in [2.45, 2.75) is 38.1 Å². The minimum Gasteiger partial charge on any atom is -0.349 e. The van der Waals surface area contributed by atoms with Crippen LogP contribution in [0.3, 0.4) is 0 Å². The molecule has 2 amide bonds. The molecule has 0 atom stereocenters. The first-order valence-electron chi connectivity index (χ1n) is 8.56. The molecule has 1 heterocycles. The summed E-state index contributed by atoms with van der Waals surface area (Å²) in [7, 11) is 0. The molecule has 1 aliphatic rings. The number of rotatable bonds is 4. The number of carbonyl (C=O) groups excluding carboxylic acids is 2. The predicted octanol–water partition coefficient (Wildman–Crippen LogP) is 3.67. The quantitative estimate of drug-likeness (QED) is 0.875. The predicted molar refractivity (Wildman–Crippen MR) is 92.9 cm³/mol. The van der Waals surface area contributed by atoms with E-state index in [0.717, 1.165) is 37.8 Å². The second-order valence-corrected chi connectivity index (χ2v) is 6.32. The lowest BCUT2D eigenvalue weighted by Crippen LogP contribution is -2.36. The normalized spacial score (nSPS) is 14.7. The first kappa shape index (κ1) is 18.0. The molecule has 1 fully saturated rings. The molecular weight excluding hydrogens is 340 g/mol. The van der Waals surface area contributed by atoms with Crippen LogP contribution in [-0.4, -0.2) is 22.8 Å². The van der Waals surface area contributed by atoms with Gasteiger partial charge in [0.2, 0.25) is 0 Å². The van der Waals surface area contributed by atoms with Crippen LogP contribution < -0.4 is 10.6 Å². The third-order valence-corrected chi connectivity index (χ3v) is 4.37. The Balaban J connectivity index is 1.69. The molecule has 0 unspecified atom stereocenters. The van der Waals surface area contributed by atoms with Crippen LogP contribution in [0.1, 0.15) is 53.0 Å². The van der Waals surface area contributed by atoms with Crippen molar-refractivity contribution < 1.29 is 18.4 Å². The van der Waals surface area contributed by atoms with Gasteiger partial charge in [-0.2, -0.15) is 0 Å². The fraction of sp³-hybridized carbons (Fsp3) is 0.316. The smallest absolute Gasteiger partial charge is 0.274 e. The van der Waals surface area contributed by atoms with E-state index in [1.165, 1.54) is 24.8 Å². The second-order valence-electron chi connectivity index (χ2n) is 6.32. The molecule has 0 saturated heterocycles. The largest absolute Gasteiger partial charge is 0.349 e. The highest BCUT2D eigenvalue weighted by molar-refractivity contribution is 6.04. The van der Waals surface area contributed by atoms with Gasteiger partial charge >= 0.3 is 0 Å². The topological polar surface area (TPSA) is 71.1 Å². The molecule has 0 bridgehead atoms. The Hall–Kier alpha value is -2.83. The summed E-state index contributed by atoms with van der Waals surface area (Å²) < 4.78 is 26.6. The van der Waals surface area contributed by atoms with Crippen molar-refractivity contribution in [3.63, 3.8) is 0 Å². The standard InChI is InChI=1S/C19H19F2N3O2/c20-13-6-7-16(15(21)11-13)24-19(26)17-10-12(8-9-22-17)18(25)23-14-4-2-1-3-5-14/h6-11,14H,1-5H2,(H,23,25)(H,24,26). The van der Waals surface area contributed by atoms with Crippen LogP contribution in [-0.2, 0) is 0 Å². The summed E-state index contributed by atoms with van der Waals surface area (Å²) in [5.74, 6) is -2.56. The lowest BCUT2D eigenvalue weighted by Gasteiger charge is -2.22. The molecule has 1 saturated carbocycles. The summed E-state index contributed by atoms with van der Waals surface area (Å²) in [5, 5.41) is 5.29. The number of hydrogen-bond acceptors (Lipinski definition) is 3. The number of benzene rings is 1. The Labute approximate surface area is 149 Å². The number of carbonyl (C=O) groups is 2. The number of nitrogens with one attached hydrogen (secondary N) is 2. The average Bonchev–Trinajstić information content (AvgIpc) is 2.65. The maximum Gasteiger partial charge on any atom is 0.274 e. The van der Waals surface area contributed by atoms with Crippen molar-refractivity contribution in [3.8, 4) is 0 Å². The zero-order valence-corrected chi connectivity index (χ0v) is 14.1. The highest BCUT2D eigenvalue weighted by Gasteiger charge is 2.18. The van der Waals surface area contributed by atoms with Crippen LogP contribution in [0.25, 0.3) is 0 Å². The van der Waals surface area contributed by atoms with Gasteiger partial charge in [-0.05, 0) is 37.1 Å². The Bertz CT molecular complexity index is 820. The molecule has 0 spiro atoms. The van der Waals surface area contributed by atoms with Gasteiger partial charge < -0.3 is 10.6 Å². The van der Waals surface area contributed by atoms with E-state index in [0.29, 0.717) is 11.6 Å². The van der Waals surface area contributed by atoms with Crippen LogP contribution in [0, 0.1) is 11.6 Å². The molecular formula is C19H19F2N3O2. The fourth-order valence-corrected chi connectivity index (χ4v) is 2.99. The van der Waals surface area contributed by atoms with Crippen LogP contribution in [0.5, 0.6) is 0 Å². The van der Waals surface area contributed by atoms with Gasteiger partial charge in [0.15, 0.2) is 0 Å². The van der Waals surface area contributed by atoms with Gasteiger partial charge in [-0.25, -0.2) is 8.78 Å². The minimum absolute atomic E-state index is 0.0231. The maximum atomic E-state index is 13.7. The fourth-order valence-electron chi connectivity index (χ4n) is 2.99. The van der Waals surface area contributed by atoms with Crippen molar-refractivity contribution in [2.24, 2.45) is 0 Å². The molecule has 0 radical (unpaired) electrons. The molecule has 26 heavy (non-hydrogen) atoms. The highest BCUT2D eigenvalue weighted by Crippen LogP contribution is 2.18. The molecule has 136 valence electrons. The van der Waals surface area contributed by atoms with Crippen molar-refractivity contribution in [2.75, 3.05) is 5.32 Å². The Kier molecular flexibility index (Phi) is 5.55. The number of pyridine rings is 1. The molecule has 1 aliphatic carbocycles. The molecule has 3 rings (SSSR count). The number of anilines is 1. The highest BCUT2D eigenvalue weighted by atomic mass is 19.1. The summed E-state index contributed by atoms with van der Waals surface area (Å²) in [6.07, 6.45) is 6.63. The monoisotopic (exact) mass is 359 g/mol. The molecule has 5 nitrogen and oxygen atoms in total. The molecule has 1 aromatic heterocycles. The van der Waals surface area contributed by atoms with Gasteiger partial charge in [-0.15, -0.1) is 0 Å². The van der Waals surface area contributed by atoms with Crippen molar-refractivity contribution >= 4 is 17.5 Å². The summed E-state index contributed by atoms with van der Waals surface area (Å²) in [6.45, 7) is 0. The van der Waals surface area contributed by atoms with E-state index in [4.69, 9.17) is 0 Å². The van der Waals surface area contributed by atoms with Gasteiger partial charge in [0.1, 0.15) is 17.3 Å². The third-order valence-electron chi connectivity index (χ3n) is 4.37. The van der Waals surface area contributed by atoms with E-state index in [1.54, 1.807) is 0 Å². The Morgan fingerprint density at radius 2 is 1.77 bits per heavy atom. The summed E-state index contributed by atoms with van der Waals surface area (Å²) in [4.78, 5) is 28.5. The lowest BCUT2D eigenvalue weighted by molar-refractivity contribution is 0.0927. The Morgan fingerprint density at radius 3 is 2.50 bits per heavy atom. The lowest BCUT2D eigenvalue weighted by atomic mass is 9.95. The zero-order chi connectivity index (χ0) is 18.5. The number of halogens is 2. The van der Waals surface area contributed by atoms with Crippen molar-refractivity contribution in [1.29, 1.82) is 0 Å². The van der Waals surface area contributed by atoms with E-state index >= 15 is 0 Å². The number of aromatic nitrogens is 1. The SMILES string of the molecule is O=C(NC1CCCCC1)c1ccnc(C(=O)Nc2ccc(F)cc2F)c1. The van der Waals surface area contributed by atoms with E-state index < -0.39 is 17.5 Å². The van der Waals surface area contributed by atoms with E-state index in [1.807, 2.05) is 0 Å². The van der Waals surface area contributed by atoms with Gasteiger partial charge in [0, 0.05) is 23.9 Å². The number of amides is 2. The molecule has 1 aromatic carbocycles. The van der Waals surface area contributed by atoms with Crippen molar-refractivity contribution in [3.05, 3.63) is 59.4 Å². The minimum atomic E-state index is -0.885. The first-order valence-corrected chi connectivity index (χ1v) is 8.56. The Morgan fingerprint density at radius 1 is 1.00 bits per heavy atom. The third kappa shape index (κ3) is 4.41. The van der Waals surface area contributed by atoms with Crippen LogP contribution in [0.4, 0.5) is 14.5 Å². The van der Waals surface area contributed by atoms with E-state index in [9.17, 15) is 18.4 Å². The average molecular weight is 359 g/mol. The van der Waals surface area contributed by atoms with Crippen LogP contribution >= 0.6 is 0 Å². The van der Waals surface area contributed by atoms with Gasteiger partial charge in [0.05, 0.1) is 5.69 Å². The van der Waals surface area contributed by atoms with E-state index in [-0.39, 0.29) is 23.3 Å². The van der Waals surface area contributed by atoms with Crippen molar-refractivity contribution in [1.82, 2.24) is 10.3 Å². The second kappa shape index (κ2) is 8.03. The first-order chi connectivity index (χ1) is 12.5. The van der Waals surface area contributed by atoms with Gasteiger partial charge in [0.25, 0.3) is 11.8 Å². The molecule has 2 aromatic rings. The van der Waals surface area contributed by atoms with Crippen LogP contribution in [0.15, 0.2) is 36.5 Å². The summed E-state index contributed by atoms with van der Waals surface area (Å²) in [6, 6.07) is 5.87. The van der Waals surface area contributed by atoms with Crippen LogP contribution in [0.2, 0.25) is 0 Å². The summed E-state index contributed by atoms with van der Waals surface area (Å²) >= 11 is 0. The number of hydrogen-bond donors (Lipinski definition) is 2. The summed E-state index contributed by atoms with van der Waals surface area (Å²) in [5.41, 5.74) is 0.135. The zero-order valence-electron chi connectivity index (χ0n) is 14.1. The maximum absolute atomic E-state index is 13.7. The molecule has 0 aliphatic heterocycles. The van der Waals surface area contributed by atoms with Gasteiger partial charge in [-0.3, -0.25) is 14.6 Å². The van der Waals surface area contributed by atoms with Gasteiger partial charge in [-0.1, -0.05) is 19.3 Å². The van der Waals surface area contributed by atoms with E-state index in [2.05, 4.69) is 15.6 Å². The molecule has 2 N–H and O–H groups in total. The number of nitrogens with zero attached hydrogens (tertiary/aromatic N) is 1. The molecule has 7 heteroatoms.